The van der Waals surface area contributed by atoms with Crippen LogP contribution in [0.1, 0.15) is 53.3 Å². The van der Waals surface area contributed by atoms with E-state index in [0.29, 0.717) is 0 Å². The van der Waals surface area contributed by atoms with Crippen LogP contribution in [0.5, 0.6) is 0 Å². The maximum Gasteiger partial charge on any atom is 0.0430 e. The van der Waals surface area contributed by atoms with E-state index in [0.717, 1.165) is 6.42 Å². The molecule has 0 amide bonds. The molecule has 1 aromatic heterocycles. The monoisotopic (exact) mass is 287 g/mol. The number of nitrogens with two attached hydrogens (primary N) is 1. The quantitative estimate of drug-likeness (QED) is 0.853. The van der Waals surface area contributed by atoms with E-state index in [9.17, 15) is 0 Å². The number of hydrogen-bond acceptors (Lipinski definition) is 2. The smallest absolute Gasteiger partial charge is 0.0430 e. The molecular weight excluding hydrogens is 262 g/mol. The maximum atomic E-state index is 6.38. The summed E-state index contributed by atoms with van der Waals surface area (Å²) in [6.45, 7) is 11.0. The Bertz CT molecular complexity index is 590. The van der Waals surface area contributed by atoms with Gasteiger partial charge in [0, 0.05) is 15.8 Å². The van der Waals surface area contributed by atoms with Crippen molar-refractivity contribution in [3.8, 4) is 0 Å². The van der Waals surface area contributed by atoms with E-state index < -0.39 is 0 Å². The van der Waals surface area contributed by atoms with Crippen molar-refractivity contribution in [2.24, 2.45) is 5.73 Å². The Morgan fingerprint density at radius 2 is 1.75 bits per heavy atom. The van der Waals surface area contributed by atoms with Gasteiger partial charge in [0.25, 0.3) is 0 Å². The van der Waals surface area contributed by atoms with Gasteiger partial charge in [-0.1, -0.05) is 39.0 Å². The van der Waals surface area contributed by atoms with Crippen molar-refractivity contribution in [1.82, 2.24) is 0 Å². The summed E-state index contributed by atoms with van der Waals surface area (Å²) >= 11 is 1.85. The molecule has 0 aliphatic carbocycles. The minimum Gasteiger partial charge on any atom is -0.323 e. The zero-order valence-electron chi connectivity index (χ0n) is 13.2. The Morgan fingerprint density at radius 3 is 2.30 bits per heavy atom. The number of hydrogen-bond donors (Lipinski definition) is 1. The molecule has 20 heavy (non-hydrogen) atoms. The SMILES string of the molecule is Cc1ccc(CC(N)c2ccc(C(C)(C)C)s2)cc1C. The van der Waals surface area contributed by atoms with Crippen molar-refractivity contribution in [3.63, 3.8) is 0 Å². The molecule has 2 N–H and O–H groups in total. The van der Waals surface area contributed by atoms with E-state index in [2.05, 4.69) is 65.0 Å². The molecule has 108 valence electrons. The van der Waals surface area contributed by atoms with Gasteiger partial charge in [0.2, 0.25) is 0 Å². The predicted octanol–water partition coefficient (Wildman–Crippen LogP) is 4.90. The van der Waals surface area contributed by atoms with Crippen molar-refractivity contribution < 1.29 is 0 Å². The molecule has 0 radical (unpaired) electrons. The van der Waals surface area contributed by atoms with Gasteiger partial charge < -0.3 is 5.73 Å². The molecule has 2 heteroatoms. The zero-order chi connectivity index (χ0) is 14.9. The summed E-state index contributed by atoms with van der Waals surface area (Å²) in [6, 6.07) is 11.1. The van der Waals surface area contributed by atoms with E-state index in [4.69, 9.17) is 5.73 Å². The van der Waals surface area contributed by atoms with Crippen LogP contribution in [0, 0.1) is 13.8 Å². The molecule has 0 fully saturated rings. The van der Waals surface area contributed by atoms with Gasteiger partial charge in [0.15, 0.2) is 0 Å². The van der Waals surface area contributed by atoms with Gasteiger partial charge in [-0.2, -0.15) is 0 Å². The standard InChI is InChI=1S/C18H25NS/c1-12-6-7-14(10-13(12)2)11-15(19)16-8-9-17(20-16)18(3,4)5/h6-10,15H,11,19H2,1-5H3. The Hall–Kier alpha value is -1.12. The Kier molecular flexibility index (Phi) is 4.36. The van der Waals surface area contributed by atoms with E-state index >= 15 is 0 Å². The van der Waals surface area contributed by atoms with Crippen LogP contribution in [0.15, 0.2) is 30.3 Å². The minimum absolute atomic E-state index is 0.0956. The first-order chi connectivity index (χ1) is 9.27. The third-order valence-electron chi connectivity index (χ3n) is 3.76. The molecular formula is C18H25NS. The highest BCUT2D eigenvalue weighted by Gasteiger charge is 2.18. The summed E-state index contributed by atoms with van der Waals surface area (Å²) in [5, 5.41) is 0. The summed E-state index contributed by atoms with van der Waals surface area (Å²) in [5.41, 5.74) is 10.6. The van der Waals surface area contributed by atoms with Gasteiger partial charge in [-0.05, 0) is 54.5 Å². The molecule has 0 saturated carbocycles. The van der Waals surface area contributed by atoms with Gasteiger partial charge >= 0.3 is 0 Å². The van der Waals surface area contributed by atoms with Gasteiger partial charge in [-0.3, -0.25) is 0 Å². The van der Waals surface area contributed by atoms with Crippen LogP contribution >= 0.6 is 11.3 Å². The van der Waals surface area contributed by atoms with Crippen LogP contribution in [-0.2, 0) is 11.8 Å². The Morgan fingerprint density at radius 1 is 1.05 bits per heavy atom. The van der Waals surface area contributed by atoms with Crippen molar-refractivity contribution in [2.75, 3.05) is 0 Å². The predicted molar refractivity (Wildman–Crippen MR) is 89.6 cm³/mol. The second kappa shape index (κ2) is 5.71. The summed E-state index contributed by atoms with van der Waals surface area (Å²) in [6.07, 6.45) is 0.908. The van der Waals surface area contributed by atoms with Crippen LogP contribution < -0.4 is 5.73 Å². The van der Waals surface area contributed by atoms with E-state index in [1.54, 1.807) is 0 Å². The van der Waals surface area contributed by atoms with Crippen molar-refractivity contribution in [2.45, 2.75) is 52.5 Å². The second-order valence-electron chi connectivity index (χ2n) is 6.68. The number of thiophene rings is 1. The van der Waals surface area contributed by atoms with E-state index in [1.165, 1.54) is 26.4 Å². The third kappa shape index (κ3) is 3.50. The second-order valence-corrected chi connectivity index (χ2v) is 7.80. The largest absolute Gasteiger partial charge is 0.323 e. The van der Waals surface area contributed by atoms with Crippen LogP contribution in [0.3, 0.4) is 0 Å². The molecule has 0 spiro atoms. The van der Waals surface area contributed by atoms with Gasteiger partial charge in [-0.25, -0.2) is 0 Å². The molecule has 0 aliphatic rings. The highest BCUT2D eigenvalue weighted by atomic mass is 32.1. The molecule has 2 rings (SSSR count). The summed E-state index contributed by atoms with van der Waals surface area (Å²) in [5.74, 6) is 0. The molecule has 1 aromatic carbocycles. The fourth-order valence-corrected chi connectivity index (χ4v) is 3.31. The fraction of sp³-hybridized carbons (Fsp3) is 0.444. The van der Waals surface area contributed by atoms with Gasteiger partial charge in [0.1, 0.15) is 0 Å². The van der Waals surface area contributed by atoms with Crippen LogP contribution in [0.2, 0.25) is 0 Å². The fourth-order valence-electron chi connectivity index (χ4n) is 2.24. The minimum atomic E-state index is 0.0956. The highest BCUT2D eigenvalue weighted by Crippen LogP contribution is 2.32. The Balaban J connectivity index is 2.13. The first-order valence-electron chi connectivity index (χ1n) is 7.19. The normalized spacial score (nSPS) is 13.5. The summed E-state index contributed by atoms with van der Waals surface area (Å²) in [7, 11) is 0. The lowest BCUT2D eigenvalue weighted by molar-refractivity contribution is 0.604. The molecule has 1 atom stereocenters. The first kappa shape index (κ1) is 15.3. The van der Waals surface area contributed by atoms with Crippen LogP contribution in [0.4, 0.5) is 0 Å². The van der Waals surface area contributed by atoms with Crippen molar-refractivity contribution >= 4 is 11.3 Å². The summed E-state index contributed by atoms with van der Waals surface area (Å²) in [4.78, 5) is 2.69. The summed E-state index contributed by atoms with van der Waals surface area (Å²) < 4.78 is 0. The van der Waals surface area contributed by atoms with Crippen LogP contribution in [0.25, 0.3) is 0 Å². The molecule has 1 nitrogen and oxygen atoms in total. The molecule has 0 aliphatic heterocycles. The number of rotatable bonds is 3. The van der Waals surface area contributed by atoms with E-state index in [1.807, 2.05) is 11.3 Å². The lowest BCUT2D eigenvalue weighted by Crippen LogP contribution is -2.12. The molecule has 1 heterocycles. The van der Waals surface area contributed by atoms with E-state index in [-0.39, 0.29) is 11.5 Å². The van der Waals surface area contributed by atoms with Crippen LogP contribution in [-0.4, -0.2) is 0 Å². The number of aryl methyl sites for hydroxylation is 2. The number of benzene rings is 1. The topological polar surface area (TPSA) is 26.0 Å². The molecule has 1 unspecified atom stereocenters. The Labute approximate surface area is 126 Å². The molecule has 2 aromatic rings. The highest BCUT2D eigenvalue weighted by molar-refractivity contribution is 7.12. The van der Waals surface area contributed by atoms with Crippen molar-refractivity contribution in [3.05, 3.63) is 56.8 Å². The third-order valence-corrected chi connectivity index (χ3v) is 5.40. The van der Waals surface area contributed by atoms with Gasteiger partial charge in [0.05, 0.1) is 0 Å². The maximum absolute atomic E-state index is 6.38. The van der Waals surface area contributed by atoms with Gasteiger partial charge in [-0.15, -0.1) is 11.3 Å². The first-order valence-corrected chi connectivity index (χ1v) is 8.01. The molecule has 0 saturated heterocycles. The van der Waals surface area contributed by atoms with Crippen molar-refractivity contribution in [1.29, 1.82) is 0 Å². The lowest BCUT2D eigenvalue weighted by atomic mass is 9.95. The average molecular weight is 287 g/mol. The average Bonchev–Trinajstić information content (AvgIpc) is 2.83. The zero-order valence-corrected chi connectivity index (χ0v) is 14.0. The lowest BCUT2D eigenvalue weighted by Gasteiger charge is -2.16. The molecule has 0 bridgehead atoms.